The van der Waals surface area contributed by atoms with Gasteiger partial charge in [-0.05, 0) is 6.07 Å². The Hall–Kier alpha value is -1.50. The molecule has 15 heavy (non-hydrogen) atoms. The van der Waals surface area contributed by atoms with E-state index < -0.39 is 15.7 Å². The molecule has 1 N–H and O–H groups in total. The van der Waals surface area contributed by atoms with Crippen LogP contribution in [0.4, 0.5) is 11.5 Å². The van der Waals surface area contributed by atoms with E-state index in [1.165, 1.54) is 18.3 Å². The maximum atomic E-state index is 10.8. The molecule has 1 unspecified atom stereocenters. The van der Waals surface area contributed by atoms with Crippen LogP contribution >= 0.6 is 0 Å². The molecule has 1 aromatic rings. The molecule has 1 heterocycles. The molecular weight excluding hydrogens is 218 g/mol. The second-order valence-electron chi connectivity index (χ2n) is 2.83. The zero-order chi connectivity index (χ0) is 11.3. The van der Waals surface area contributed by atoms with Gasteiger partial charge >= 0.3 is 5.69 Å². The number of hydrogen-bond donors (Lipinski definition) is 1. The largest absolute Gasteiger partial charge is 0.363 e. The zero-order valence-electron chi connectivity index (χ0n) is 8.17. The van der Waals surface area contributed by atoms with Crippen LogP contribution in [0.15, 0.2) is 18.3 Å². The number of anilines is 1. The van der Waals surface area contributed by atoms with Crippen LogP contribution in [0.25, 0.3) is 0 Å². The first-order valence-electron chi connectivity index (χ1n) is 4.24. The molecule has 82 valence electrons. The number of pyridine rings is 1. The van der Waals surface area contributed by atoms with Gasteiger partial charge in [0.15, 0.2) is 0 Å². The van der Waals surface area contributed by atoms with Crippen LogP contribution in [-0.4, -0.2) is 32.7 Å². The smallest absolute Gasteiger partial charge is 0.311 e. The lowest BCUT2D eigenvalue weighted by molar-refractivity contribution is -0.384. The maximum Gasteiger partial charge on any atom is 0.311 e. The molecule has 1 rings (SSSR count). The molecule has 0 bridgehead atoms. The molecule has 0 aromatic carbocycles. The predicted molar refractivity (Wildman–Crippen MR) is 58.3 cm³/mol. The summed E-state index contributed by atoms with van der Waals surface area (Å²) < 4.78 is 10.8. The molecular formula is C8H11N3O3S. The highest BCUT2D eigenvalue weighted by atomic mass is 32.2. The molecule has 0 aliphatic rings. The summed E-state index contributed by atoms with van der Waals surface area (Å²) in [6.07, 6.45) is 3.05. The van der Waals surface area contributed by atoms with Crippen LogP contribution < -0.4 is 5.32 Å². The lowest BCUT2D eigenvalue weighted by Gasteiger charge is -2.03. The molecule has 1 atom stereocenters. The Labute approximate surface area is 89.3 Å². The average molecular weight is 229 g/mol. The first-order valence-corrected chi connectivity index (χ1v) is 5.97. The van der Waals surface area contributed by atoms with E-state index in [-0.39, 0.29) is 11.5 Å². The van der Waals surface area contributed by atoms with Gasteiger partial charge in [-0.15, -0.1) is 0 Å². The second kappa shape index (κ2) is 5.40. The third-order valence-electron chi connectivity index (χ3n) is 1.67. The summed E-state index contributed by atoms with van der Waals surface area (Å²) in [6.45, 7) is 0.404. The van der Waals surface area contributed by atoms with Crippen molar-refractivity contribution in [3.63, 3.8) is 0 Å². The summed E-state index contributed by atoms with van der Waals surface area (Å²) in [5.74, 6) is 0.654. The minimum Gasteiger partial charge on any atom is -0.363 e. The summed E-state index contributed by atoms with van der Waals surface area (Å²) in [7, 11) is -0.917. The van der Waals surface area contributed by atoms with Crippen molar-refractivity contribution < 1.29 is 9.13 Å². The molecule has 0 saturated carbocycles. The molecule has 0 radical (unpaired) electrons. The quantitative estimate of drug-likeness (QED) is 0.595. The highest BCUT2D eigenvalue weighted by Crippen LogP contribution is 2.19. The lowest BCUT2D eigenvalue weighted by atomic mass is 10.4. The van der Waals surface area contributed by atoms with Crippen molar-refractivity contribution in [1.29, 1.82) is 0 Å². The Kier molecular flexibility index (Phi) is 4.17. The minimum absolute atomic E-state index is 0.0700. The molecule has 0 aliphatic heterocycles. The Morgan fingerprint density at radius 2 is 2.40 bits per heavy atom. The Bertz CT molecular complexity index is 383. The summed E-state index contributed by atoms with van der Waals surface area (Å²) in [5, 5.41) is 13.4. The fraction of sp³-hybridized carbons (Fsp3) is 0.375. The number of hydrogen-bond acceptors (Lipinski definition) is 5. The van der Waals surface area contributed by atoms with Crippen molar-refractivity contribution in [1.82, 2.24) is 4.98 Å². The SMILES string of the molecule is CS(=O)CCNc1ncccc1[N+](=O)[O-]. The van der Waals surface area contributed by atoms with Gasteiger partial charge in [0.2, 0.25) is 5.82 Å². The van der Waals surface area contributed by atoms with Crippen molar-refractivity contribution >= 4 is 22.3 Å². The summed E-state index contributed by atoms with van der Waals surface area (Å²) >= 11 is 0. The second-order valence-corrected chi connectivity index (χ2v) is 4.39. The monoisotopic (exact) mass is 229 g/mol. The van der Waals surface area contributed by atoms with E-state index in [1.54, 1.807) is 6.26 Å². The number of rotatable bonds is 5. The Balaban J connectivity index is 2.67. The van der Waals surface area contributed by atoms with Gasteiger partial charge in [0, 0.05) is 41.6 Å². The lowest BCUT2D eigenvalue weighted by Crippen LogP contribution is -2.11. The van der Waals surface area contributed by atoms with Gasteiger partial charge in [-0.2, -0.15) is 0 Å². The normalized spacial score (nSPS) is 12.1. The summed E-state index contributed by atoms with van der Waals surface area (Å²) in [4.78, 5) is 13.9. The molecule has 0 spiro atoms. The highest BCUT2D eigenvalue weighted by molar-refractivity contribution is 7.84. The Morgan fingerprint density at radius 3 is 3.00 bits per heavy atom. The maximum absolute atomic E-state index is 10.8. The van der Waals surface area contributed by atoms with E-state index in [0.717, 1.165) is 0 Å². The van der Waals surface area contributed by atoms with Crippen molar-refractivity contribution in [3.05, 3.63) is 28.4 Å². The summed E-state index contributed by atoms with van der Waals surface area (Å²) in [6, 6.07) is 2.87. The van der Waals surface area contributed by atoms with E-state index >= 15 is 0 Å². The predicted octanol–water partition coefficient (Wildman–Crippen LogP) is 0.780. The highest BCUT2D eigenvalue weighted by Gasteiger charge is 2.12. The molecule has 0 saturated heterocycles. The molecule has 0 aliphatic carbocycles. The third kappa shape index (κ3) is 3.62. The fourth-order valence-electron chi connectivity index (χ4n) is 0.994. The van der Waals surface area contributed by atoms with Crippen LogP contribution in [0.2, 0.25) is 0 Å². The van der Waals surface area contributed by atoms with Crippen molar-refractivity contribution in [2.45, 2.75) is 0 Å². The Morgan fingerprint density at radius 1 is 1.67 bits per heavy atom. The van der Waals surface area contributed by atoms with Crippen LogP contribution in [0.1, 0.15) is 0 Å². The van der Waals surface area contributed by atoms with E-state index in [2.05, 4.69) is 10.3 Å². The number of nitro groups is 1. The molecule has 1 aromatic heterocycles. The third-order valence-corrected chi connectivity index (χ3v) is 2.44. The molecule has 6 nitrogen and oxygen atoms in total. The summed E-state index contributed by atoms with van der Waals surface area (Å²) in [5.41, 5.74) is -0.0700. The number of aromatic nitrogens is 1. The first-order chi connectivity index (χ1) is 7.11. The topological polar surface area (TPSA) is 85.1 Å². The van der Waals surface area contributed by atoms with Gasteiger partial charge in [0.05, 0.1) is 4.92 Å². The van der Waals surface area contributed by atoms with Crippen molar-refractivity contribution in [2.24, 2.45) is 0 Å². The van der Waals surface area contributed by atoms with Crippen LogP contribution in [0, 0.1) is 10.1 Å². The number of nitrogens with zero attached hydrogens (tertiary/aromatic N) is 2. The molecule has 7 heteroatoms. The van der Waals surface area contributed by atoms with E-state index in [9.17, 15) is 14.3 Å². The van der Waals surface area contributed by atoms with Crippen LogP contribution in [0.5, 0.6) is 0 Å². The van der Waals surface area contributed by atoms with Crippen LogP contribution in [-0.2, 0) is 10.8 Å². The van der Waals surface area contributed by atoms with Crippen molar-refractivity contribution in [3.8, 4) is 0 Å². The first kappa shape index (κ1) is 11.6. The van der Waals surface area contributed by atoms with E-state index in [4.69, 9.17) is 0 Å². The van der Waals surface area contributed by atoms with Gasteiger partial charge in [-0.1, -0.05) is 0 Å². The average Bonchev–Trinajstić information content (AvgIpc) is 2.17. The standard InChI is InChI=1S/C8H11N3O3S/c1-15(14)6-5-10-8-7(11(12)13)3-2-4-9-8/h2-4H,5-6H2,1H3,(H,9,10). The van der Waals surface area contributed by atoms with Crippen molar-refractivity contribution in [2.75, 3.05) is 23.9 Å². The molecule has 0 fully saturated rings. The van der Waals surface area contributed by atoms with Gasteiger partial charge in [0.1, 0.15) is 0 Å². The van der Waals surface area contributed by atoms with Crippen LogP contribution in [0.3, 0.4) is 0 Å². The molecule has 0 amide bonds. The zero-order valence-corrected chi connectivity index (χ0v) is 8.99. The fourth-order valence-corrected chi connectivity index (χ4v) is 1.38. The minimum atomic E-state index is -0.917. The van der Waals surface area contributed by atoms with E-state index in [0.29, 0.717) is 12.3 Å². The van der Waals surface area contributed by atoms with Gasteiger partial charge < -0.3 is 5.32 Å². The van der Waals surface area contributed by atoms with Gasteiger partial charge in [-0.25, -0.2) is 4.98 Å². The van der Waals surface area contributed by atoms with E-state index in [1.807, 2.05) is 0 Å². The van der Waals surface area contributed by atoms with Gasteiger partial charge in [-0.3, -0.25) is 14.3 Å². The van der Waals surface area contributed by atoms with Gasteiger partial charge in [0.25, 0.3) is 0 Å². The number of nitrogens with one attached hydrogen (secondary N) is 1.